The van der Waals surface area contributed by atoms with Crippen molar-refractivity contribution in [2.75, 3.05) is 0 Å². The lowest BCUT2D eigenvalue weighted by molar-refractivity contribution is 0.111. The minimum atomic E-state index is 0.519. The smallest absolute Gasteiger partial charge is 0.168 e. The maximum atomic E-state index is 10.4. The zero-order valence-corrected chi connectivity index (χ0v) is 7.01. The minimum Gasteiger partial charge on any atom is -0.296 e. The molecule has 0 fully saturated rings. The van der Waals surface area contributed by atoms with Gasteiger partial charge in [0.15, 0.2) is 6.29 Å². The van der Waals surface area contributed by atoms with Crippen LogP contribution in [-0.4, -0.2) is 11.3 Å². The maximum absolute atomic E-state index is 10.4. The summed E-state index contributed by atoms with van der Waals surface area (Å²) in [6, 6.07) is 1.80. The highest BCUT2D eigenvalue weighted by Gasteiger charge is 2.00. The maximum Gasteiger partial charge on any atom is 0.168 e. The summed E-state index contributed by atoms with van der Waals surface area (Å²) < 4.78 is 0. The summed E-state index contributed by atoms with van der Waals surface area (Å²) >= 11 is 0. The first kappa shape index (κ1) is 7.92. The molecule has 11 heavy (non-hydrogen) atoms. The first-order chi connectivity index (χ1) is 5.15. The molecule has 2 heteroatoms. The molecular formula is C9H11NO. The largest absolute Gasteiger partial charge is 0.296 e. The first-order valence-corrected chi connectivity index (χ1v) is 3.55. The number of nitrogens with zero attached hydrogens (tertiary/aromatic N) is 1. The van der Waals surface area contributed by atoms with Crippen LogP contribution in [-0.2, 0) is 0 Å². The fourth-order valence-electron chi connectivity index (χ4n) is 0.986. The Morgan fingerprint density at radius 1 is 1.36 bits per heavy atom. The van der Waals surface area contributed by atoms with Crippen LogP contribution < -0.4 is 0 Å². The van der Waals surface area contributed by atoms with Gasteiger partial charge in [0.2, 0.25) is 0 Å². The number of carbonyl (C=O) groups excluding carboxylic acids is 1. The van der Waals surface area contributed by atoms with Gasteiger partial charge in [-0.25, -0.2) is 0 Å². The van der Waals surface area contributed by atoms with E-state index >= 15 is 0 Å². The first-order valence-electron chi connectivity index (χ1n) is 3.55. The summed E-state index contributed by atoms with van der Waals surface area (Å²) in [5.41, 5.74) is 3.74. The number of pyridine rings is 1. The molecule has 1 aromatic rings. The molecular weight excluding hydrogens is 138 g/mol. The van der Waals surface area contributed by atoms with Crippen molar-refractivity contribution in [1.82, 2.24) is 4.98 Å². The van der Waals surface area contributed by atoms with Crippen molar-refractivity contribution in [1.29, 1.82) is 0 Å². The Kier molecular flexibility index (Phi) is 2.03. The highest BCUT2D eigenvalue weighted by molar-refractivity contribution is 5.72. The fourth-order valence-corrected chi connectivity index (χ4v) is 0.986. The number of aromatic nitrogens is 1. The highest BCUT2D eigenvalue weighted by Crippen LogP contribution is 2.10. The van der Waals surface area contributed by atoms with E-state index in [9.17, 15) is 4.79 Å². The quantitative estimate of drug-likeness (QED) is 0.570. The van der Waals surface area contributed by atoms with E-state index in [0.717, 1.165) is 23.1 Å². The van der Waals surface area contributed by atoms with Crippen molar-refractivity contribution >= 4 is 6.29 Å². The van der Waals surface area contributed by atoms with Crippen LogP contribution in [0.4, 0.5) is 0 Å². The molecule has 0 aliphatic carbocycles. The van der Waals surface area contributed by atoms with Crippen molar-refractivity contribution in [2.45, 2.75) is 20.8 Å². The van der Waals surface area contributed by atoms with E-state index in [1.54, 1.807) is 6.07 Å². The average molecular weight is 149 g/mol. The summed E-state index contributed by atoms with van der Waals surface area (Å²) in [7, 11) is 0. The van der Waals surface area contributed by atoms with E-state index in [2.05, 4.69) is 4.98 Å². The van der Waals surface area contributed by atoms with Gasteiger partial charge in [-0.3, -0.25) is 9.78 Å². The van der Waals surface area contributed by atoms with Crippen molar-refractivity contribution in [3.63, 3.8) is 0 Å². The van der Waals surface area contributed by atoms with Crippen molar-refractivity contribution in [3.05, 3.63) is 28.6 Å². The second-order valence-electron chi connectivity index (χ2n) is 2.69. The zero-order valence-electron chi connectivity index (χ0n) is 7.01. The Hall–Kier alpha value is -1.18. The van der Waals surface area contributed by atoms with Crippen LogP contribution in [0.1, 0.15) is 27.3 Å². The average Bonchev–Trinajstić information content (AvgIpc) is 1.99. The Morgan fingerprint density at radius 3 is 2.45 bits per heavy atom. The topological polar surface area (TPSA) is 30.0 Å². The van der Waals surface area contributed by atoms with Gasteiger partial charge in [-0.2, -0.15) is 0 Å². The fraction of sp³-hybridized carbons (Fsp3) is 0.333. The summed E-state index contributed by atoms with van der Waals surface area (Å²) in [5.74, 6) is 0. The molecule has 0 atom stereocenters. The van der Waals surface area contributed by atoms with Crippen LogP contribution in [0.5, 0.6) is 0 Å². The summed E-state index contributed by atoms with van der Waals surface area (Å²) in [6.07, 6.45) is 0.777. The molecule has 1 aromatic heterocycles. The Morgan fingerprint density at radius 2 is 2.00 bits per heavy atom. The van der Waals surface area contributed by atoms with Gasteiger partial charge in [0.25, 0.3) is 0 Å². The number of aryl methyl sites for hydroxylation is 2. The molecule has 0 aromatic carbocycles. The van der Waals surface area contributed by atoms with E-state index < -0.39 is 0 Å². The number of hydrogen-bond acceptors (Lipinski definition) is 2. The second kappa shape index (κ2) is 2.82. The molecule has 0 spiro atoms. The van der Waals surface area contributed by atoms with Gasteiger partial charge in [-0.15, -0.1) is 0 Å². The molecule has 2 nitrogen and oxygen atoms in total. The number of hydrogen-bond donors (Lipinski definition) is 0. The van der Waals surface area contributed by atoms with Gasteiger partial charge in [-0.1, -0.05) is 0 Å². The molecule has 0 saturated heterocycles. The molecule has 0 amide bonds. The number of aldehydes is 1. The van der Waals surface area contributed by atoms with Crippen molar-refractivity contribution < 1.29 is 4.79 Å². The monoisotopic (exact) mass is 149 g/mol. The van der Waals surface area contributed by atoms with Crippen LogP contribution in [0, 0.1) is 20.8 Å². The van der Waals surface area contributed by atoms with Crippen LogP contribution in [0.2, 0.25) is 0 Å². The van der Waals surface area contributed by atoms with Gasteiger partial charge in [0, 0.05) is 5.69 Å². The van der Waals surface area contributed by atoms with Crippen LogP contribution in [0.3, 0.4) is 0 Å². The highest BCUT2D eigenvalue weighted by atomic mass is 16.1. The number of carbonyl (C=O) groups is 1. The molecule has 0 radical (unpaired) electrons. The summed E-state index contributed by atoms with van der Waals surface area (Å²) in [6.45, 7) is 5.90. The standard InChI is InChI=1S/C9H11NO/c1-6-4-9(5-11)10-8(3)7(6)2/h4-5H,1-3H3. The third-order valence-electron chi connectivity index (χ3n) is 1.92. The van der Waals surface area contributed by atoms with Gasteiger partial charge in [-0.05, 0) is 38.0 Å². The lowest BCUT2D eigenvalue weighted by Gasteiger charge is -2.03. The van der Waals surface area contributed by atoms with Crippen LogP contribution >= 0.6 is 0 Å². The third kappa shape index (κ3) is 1.45. The Balaban J connectivity index is 3.31. The van der Waals surface area contributed by atoms with Gasteiger partial charge in [0.05, 0.1) is 0 Å². The van der Waals surface area contributed by atoms with Crippen molar-refractivity contribution in [3.8, 4) is 0 Å². The van der Waals surface area contributed by atoms with E-state index in [0.29, 0.717) is 5.69 Å². The molecule has 0 N–H and O–H groups in total. The van der Waals surface area contributed by atoms with E-state index in [-0.39, 0.29) is 0 Å². The van der Waals surface area contributed by atoms with E-state index in [1.807, 2.05) is 20.8 Å². The predicted molar refractivity (Wildman–Crippen MR) is 43.8 cm³/mol. The molecule has 0 unspecified atom stereocenters. The van der Waals surface area contributed by atoms with Gasteiger partial charge < -0.3 is 0 Å². The second-order valence-corrected chi connectivity index (χ2v) is 2.69. The third-order valence-corrected chi connectivity index (χ3v) is 1.92. The molecule has 0 aliphatic rings. The SMILES string of the molecule is Cc1cc(C=O)nc(C)c1C. The van der Waals surface area contributed by atoms with Crippen LogP contribution in [0.25, 0.3) is 0 Å². The van der Waals surface area contributed by atoms with Crippen molar-refractivity contribution in [2.24, 2.45) is 0 Å². The molecule has 0 aliphatic heterocycles. The van der Waals surface area contributed by atoms with E-state index in [4.69, 9.17) is 0 Å². The lowest BCUT2D eigenvalue weighted by Crippen LogP contribution is -1.95. The van der Waals surface area contributed by atoms with Gasteiger partial charge >= 0.3 is 0 Å². The van der Waals surface area contributed by atoms with Gasteiger partial charge in [0.1, 0.15) is 5.69 Å². The molecule has 0 bridgehead atoms. The van der Waals surface area contributed by atoms with E-state index in [1.165, 1.54) is 0 Å². The molecule has 0 saturated carbocycles. The normalized spacial score (nSPS) is 9.73. The molecule has 1 rings (SSSR count). The minimum absolute atomic E-state index is 0.519. The van der Waals surface area contributed by atoms with Crippen LogP contribution in [0.15, 0.2) is 6.07 Å². The summed E-state index contributed by atoms with van der Waals surface area (Å²) in [5, 5.41) is 0. The summed E-state index contributed by atoms with van der Waals surface area (Å²) in [4.78, 5) is 14.4. The molecule has 1 heterocycles. The number of rotatable bonds is 1. The predicted octanol–water partition coefficient (Wildman–Crippen LogP) is 1.82. The Bertz CT molecular complexity index is 269. The zero-order chi connectivity index (χ0) is 8.43. The molecule has 58 valence electrons. The Labute approximate surface area is 66.3 Å². The lowest BCUT2D eigenvalue weighted by atomic mass is 10.1.